The average molecular weight is 160 g/mol. The Kier molecular flexibility index (Phi) is 1.47. The molecule has 4 nitrogen and oxygen atoms in total. The highest BCUT2D eigenvalue weighted by Gasteiger charge is 2.01. The molecule has 0 N–H and O–H groups in total. The van der Waals surface area contributed by atoms with E-state index in [4.69, 9.17) is 4.42 Å². The van der Waals surface area contributed by atoms with Gasteiger partial charge in [-0.25, -0.2) is 9.78 Å². The van der Waals surface area contributed by atoms with Crippen LogP contribution < -0.4 is 0 Å². The summed E-state index contributed by atoms with van der Waals surface area (Å²) in [6.07, 6.45) is 2.77. The van der Waals surface area contributed by atoms with Gasteiger partial charge in [0.25, 0.3) is 0 Å². The Bertz CT molecular complexity index is 455. The Morgan fingerprint density at radius 2 is 2.42 bits per heavy atom. The number of hydrogen-bond acceptors (Lipinski definition) is 4. The van der Waals surface area contributed by atoms with Crippen molar-refractivity contribution in [3.63, 3.8) is 0 Å². The van der Waals surface area contributed by atoms with Gasteiger partial charge in [-0.3, -0.25) is 0 Å². The SMILES string of the molecule is O=C=Nc1cccc2ocnc12. The van der Waals surface area contributed by atoms with E-state index in [0.29, 0.717) is 16.8 Å². The van der Waals surface area contributed by atoms with Crippen LogP contribution in [0.1, 0.15) is 0 Å². The molecule has 0 aliphatic heterocycles. The van der Waals surface area contributed by atoms with Crippen LogP contribution >= 0.6 is 0 Å². The van der Waals surface area contributed by atoms with Gasteiger partial charge in [0.15, 0.2) is 12.0 Å². The van der Waals surface area contributed by atoms with Crippen LogP contribution in [0.2, 0.25) is 0 Å². The summed E-state index contributed by atoms with van der Waals surface area (Å²) in [5.74, 6) is 0. The van der Waals surface area contributed by atoms with Crippen LogP contribution in [0.15, 0.2) is 34.0 Å². The molecule has 0 bridgehead atoms. The van der Waals surface area contributed by atoms with Crippen LogP contribution in [0.4, 0.5) is 5.69 Å². The van der Waals surface area contributed by atoms with Crippen molar-refractivity contribution >= 4 is 22.9 Å². The quantitative estimate of drug-likeness (QED) is 0.472. The number of hydrogen-bond donors (Lipinski definition) is 0. The zero-order chi connectivity index (χ0) is 8.39. The number of nitrogens with zero attached hydrogens (tertiary/aromatic N) is 2. The Hall–Kier alpha value is -1.93. The lowest BCUT2D eigenvalue weighted by molar-refractivity contribution is 0.565. The lowest BCUT2D eigenvalue weighted by Gasteiger charge is -1.88. The zero-order valence-electron chi connectivity index (χ0n) is 6.02. The van der Waals surface area contributed by atoms with Crippen molar-refractivity contribution in [2.24, 2.45) is 4.99 Å². The number of aliphatic imine (C=N–C) groups is 1. The van der Waals surface area contributed by atoms with E-state index >= 15 is 0 Å². The Labute approximate surface area is 67.5 Å². The first-order valence-electron chi connectivity index (χ1n) is 3.32. The number of rotatable bonds is 1. The van der Waals surface area contributed by atoms with Crippen molar-refractivity contribution in [3.8, 4) is 0 Å². The van der Waals surface area contributed by atoms with Crippen molar-refractivity contribution in [1.82, 2.24) is 4.98 Å². The smallest absolute Gasteiger partial charge is 0.240 e. The molecule has 0 saturated carbocycles. The third-order valence-electron chi connectivity index (χ3n) is 1.51. The maximum absolute atomic E-state index is 9.99. The molecule has 0 saturated heterocycles. The van der Waals surface area contributed by atoms with Crippen LogP contribution in [0.5, 0.6) is 0 Å². The van der Waals surface area contributed by atoms with Gasteiger partial charge >= 0.3 is 0 Å². The molecule has 0 spiro atoms. The van der Waals surface area contributed by atoms with E-state index in [1.165, 1.54) is 12.5 Å². The molecule has 12 heavy (non-hydrogen) atoms. The third-order valence-corrected chi connectivity index (χ3v) is 1.51. The van der Waals surface area contributed by atoms with Crippen LogP contribution in [0, 0.1) is 0 Å². The van der Waals surface area contributed by atoms with E-state index in [-0.39, 0.29) is 0 Å². The standard InChI is InChI=1S/C8H4N2O2/c11-4-9-6-2-1-3-7-8(6)10-5-12-7/h1-3,5H. The largest absolute Gasteiger partial charge is 0.443 e. The van der Waals surface area contributed by atoms with Gasteiger partial charge in [-0.15, -0.1) is 0 Å². The van der Waals surface area contributed by atoms with Gasteiger partial charge in [0, 0.05) is 0 Å². The molecule has 2 aromatic rings. The van der Waals surface area contributed by atoms with Gasteiger partial charge in [-0.2, -0.15) is 4.99 Å². The zero-order valence-corrected chi connectivity index (χ0v) is 6.02. The summed E-state index contributed by atoms with van der Waals surface area (Å²) in [4.78, 5) is 17.4. The van der Waals surface area contributed by atoms with Gasteiger partial charge in [-0.05, 0) is 12.1 Å². The second-order valence-corrected chi connectivity index (χ2v) is 2.18. The first-order chi connectivity index (χ1) is 5.92. The van der Waals surface area contributed by atoms with E-state index in [2.05, 4.69) is 9.98 Å². The van der Waals surface area contributed by atoms with Gasteiger partial charge in [-0.1, -0.05) is 6.07 Å². The summed E-state index contributed by atoms with van der Waals surface area (Å²) in [7, 11) is 0. The van der Waals surface area contributed by atoms with Crippen molar-refractivity contribution < 1.29 is 9.21 Å². The molecule has 0 atom stereocenters. The van der Waals surface area contributed by atoms with Crippen LogP contribution in [-0.4, -0.2) is 11.1 Å². The maximum Gasteiger partial charge on any atom is 0.240 e. The molecule has 2 rings (SSSR count). The first-order valence-corrected chi connectivity index (χ1v) is 3.32. The molecule has 1 heterocycles. The molecule has 58 valence electrons. The molecule has 0 unspecified atom stereocenters. The van der Waals surface area contributed by atoms with E-state index in [9.17, 15) is 4.79 Å². The monoisotopic (exact) mass is 160 g/mol. The van der Waals surface area contributed by atoms with Crippen LogP contribution in [0.3, 0.4) is 0 Å². The molecule has 1 aromatic heterocycles. The summed E-state index contributed by atoms with van der Waals surface area (Å²) in [5.41, 5.74) is 1.68. The van der Waals surface area contributed by atoms with E-state index in [1.807, 2.05) is 0 Å². The fourth-order valence-electron chi connectivity index (χ4n) is 1.01. The van der Waals surface area contributed by atoms with E-state index in [1.54, 1.807) is 18.2 Å². The molecule has 0 amide bonds. The highest BCUT2D eigenvalue weighted by Crippen LogP contribution is 2.23. The number of para-hydroxylation sites is 1. The highest BCUT2D eigenvalue weighted by atomic mass is 16.3. The molecule has 0 aliphatic rings. The number of carbonyl (C=O) groups excluding carboxylic acids is 1. The van der Waals surface area contributed by atoms with E-state index < -0.39 is 0 Å². The summed E-state index contributed by atoms with van der Waals surface area (Å²) >= 11 is 0. The van der Waals surface area contributed by atoms with Gasteiger partial charge in [0.2, 0.25) is 6.08 Å². The lowest BCUT2D eigenvalue weighted by Crippen LogP contribution is -1.68. The maximum atomic E-state index is 9.99. The van der Waals surface area contributed by atoms with E-state index in [0.717, 1.165) is 0 Å². The fourth-order valence-corrected chi connectivity index (χ4v) is 1.01. The second kappa shape index (κ2) is 2.60. The Morgan fingerprint density at radius 3 is 3.25 bits per heavy atom. The second-order valence-electron chi connectivity index (χ2n) is 2.18. The number of oxazole rings is 1. The minimum absolute atomic E-state index is 0.483. The Balaban J connectivity index is 2.81. The number of fused-ring (bicyclic) bond motifs is 1. The normalized spacial score (nSPS) is 9.67. The summed E-state index contributed by atoms with van der Waals surface area (Å²) < 4.78 is 5.00. The lowest BCUT2D eigenvalue weighted by atomic mass is 10.3. The summed E-state index contributed by atoms with van der Waals surface area (Å²) in [6.45, 7) is 0. The van der Waals surface area contributed by atoms with Gasteiger partial charge in [0.1, 0.15) is 11.2 Å². The first kappa shape index (κ1) is 6.76. The molecule has 4 heteroatoms. The van der Waals surface area contributed by atoms with Crippen molar-refractivity contribution in [3.05, 3.63) is 24.6 Å². The molecular weight excluding hydrogens is 156 g/mol. The van der Waals surface area contributed by atoms with Crippen molar-refractivity contribution in [2.45, 2.75) is 0 Å². The third kappa shape index (κ3) is 0.909. The van der Waals surface area contributed by atoms with Crippen molar-refractivity contribution in [2.75, 3.05) is 0 Å². The molecule has 1 aromatic carbocycles. The predicted octanol–water partition coefficient (Wildman–Crippen LogP) is 1.80. The van der Waals surface area contributed by atoms with Gasteiger partial charge < -0.3 is 4.42 Å². The Morgan fingerprint density at radius 1 is 1.50 bits per heavy atom. The number of isocyanates is 1. The van der Waals surface area contributed by atoms with Crippen molar-refractivity contribution in [1.29, 1.82) is 0 Å². The predicted molar refractivity (Wildman–Crippen MR) is 41.8 cm³/mol. The number of aromatic nitrogens is 1. The van der Waals surface area contributed by atoms with Gasteiger partial charge in [0.05, 0.1) is 0 Å². The fraction of sp³-hybridized carbons (Fsp3) is 0. The minimum Gasteiger partial charge on any atom is -0.443 e. The molecule has 0 fully saturated rings. The average Bonchev–Trinajstić information content (AvgIpc) is 2.53. The molecule has 0 radical (unpaired) electrons. The molecular formula is C8H4N2O2. The van der Waals surface area contributed by atoms with Crippen LogP contribution in [-0.2, 0) is 4.79 Å². The minimum atomic E-state index is 0.483. The highest BCUT2D eigenvalue weighted by molar-refractivity contribution is 5.85. The summed E-state index contributed by atoms with van der Waals surface area (Å²) in [6, 6.07) is 5.17. The summed E-state index contributed by atoms with van der Waals surface area (Å²) in [5, 5.41) is 0. The molecule has 0 aliphatic carbocycles. The number of benzene rings is 1. The topological polar surface area (TPSA) is 55.5 Å². The van der Waals surface area contributed by atoms with Crippen LogP contribution in [0.25, 0.3) is 11.1 Å².